The van der Waals surface area contributed by atoms with Crippen LogP contribution in [-0.4, -0.2) is 45.2 Å². The minimum Gasteiger partial charge on any atom is -0.477 e. The smallest absolute Gasteiger partial charge is 0.342 e. The van der Waals surface area contributed by atoms with Crippen LogP contribution in [0.2, 0.25) is 0 Å². The maximum atomic E-state index is 12.6. The lowest BCUT2D eigenvalue weighted by molar-refractivity contribution is -0.384. The average molecular weight is 379 g/mol. The Labute approximate surface area is 149 Å². The third-order valence-corrected chi connectivity index (χ3v) is 6.43. The highest BCUT2D eigenvalue weighted by molar-refractivity contribution is 7.99. The van der Waals surface area contributed by atoms with Gasteiger partial charge < -0.3 is 14.6 Å². The number of carboxylic acid groups (broad SMARTS) is 1. The molecule has 0 bridgehead atoms. The van der Waals surface area contributed by atoms with E-state index in [1.54, 1.807) is 22.4 Å². The Balaban J connectivity index is 2.02. The van der Waals surface area contributed by atoms with Crippen LogP contribution in [0.5, 0.6) is 0 Å². The van der Waals surface area contributed by atoms with Gasteiger partial charge in [-0.25, -0.2) is 4.79 Å². The molecule has 8 nitrogen and oxygen atoms in total. The highest BCUT2D eigenvalue weighted by Crippen LogP contribution is 2.40. The fourth-order valence-corrected chi connectivity index (χ4v) is 5.03. The van der Waals surface area contributed by atoms with Gasteiger partial charge in [0, 0.05) is 30.7 Å². The zero-order chi connectivity index (χ0) is 17.7. The number of carboxylic acids is 1. The summed E-state index contributed by atoms with van der Waals surface area (Å²) in [7, 11) is 0. The fourth-order valence-electron chi connectivity index (χ4n) is 3.17. The second-order valence-electron chi connectivity index (χ2n) is 5.73. The van der Waals surface area contributed by atoms with Gasteiger partial charge >= 0.3 is 5.97 Å². The van der Waals surface area contributed by atoms with Crippen LogP contribution < -0.4 is 10.3 Å². The molecule has 0 radical (unpaired) electrons. The van der Waals surface area contributed by atoms with Gasteiger partial charge in [-0.15, -0.1) is 0 Å². The van der Waals surface area contributed by atoms with Gasteiger partial charge in [0.15, 0.2) is 0 Å². The SMILES string of the molecule is O=C(O)c1c2n(c3cc(N4CCSCC4)c([N+](=O)[O-])cc3c1=O)CS2. The number of fused-ring (bicyclic) bond motifs is 3. The Kier molecular flexibility index (Phi) is 3.88. The zero-order valence-corrected chi connectivity index (χ0v) is 14.6. The lowest BCUT2D eigenvalue weighted by Crippen LogP contribution is -2.33. The van der Waals surface area contributed by atoms with Crippen LogP contribution in [0, 0.1) is 10.1 Å². The molecule has 0 atom stereocenters. The molecule has 4 rings (SSSR count). The predicted molar refractivity (Wildman–Crippen MR) is 97.2 cm³/mol. The van der Waals surface area contributed by atoms with Crippen molar-refractivity contribution in [2.75, 3.05) is 29.5 Å². The molecule has 0 spiro atoms. The van der Waals surface area contributed by atoms with Crippen LogP contribution in [-0.2, 0) is 5.88 Å². The summed E-state index contributed by atoms with van der Waals surface area (Å²) >= 11 is 3.10. The molecule has 25 heavy (non-hydrogen) atoms. The van der Waals surface area contributed by atoms with Crippen LogP contribution in [0.1, 0.15) is 10.4 Å². The molecular weight excluding hydrogens is 366 g/mol. The fraction of sp³-hybridized carbons (Fsp3) is 0.333. The van der Waals surface area contributed by atoms with E-state index < -0.39 is 16.3 Å². The Bertz CT molecular complexity index is 982. The van der Waals surface area contributed by atoms with E-state index in [-0.39, 0.29) is 16.6 Å². The maximum Gasteiger partial charge on any atom is 0.342 e. The van der Waals surface area contributed by atoms with E-state index in [9.17, 15) is 24.8 Å². The Hall–Kier alpha value is -2.20. The number of nitro benzene ring substituents is 1. The van der Waals surface area contributed by atoms with Crippen LogP contribution in [0.15, 0.2) is 22.0 Å². The number of benzene rings is 1. The van der Waals surface area contributed by atoms with Crippen molar-refractivity contribution in [3.63, 3.8) is 0 Å². The lowest BCUT2D eigenvalue weighted by Gasteiger charge is -2.30. The Morgan fingerprint density at radius 2 is 2.00 bits per heavy atom. The lowest BCUT2D eigenvalue weighted by atomic mass is 10.1. The summed E-state index contributed by atoms with van der Waals surface area (Å²) in [5.74, 6) is 1.00. The molecule has 1 aromatic heterocycles. The van der Waals surface area contributed by atoms with E-state index in [4.69, 9.17) is 0 Å². The Morgan fingerprint density at radius 3 is 2.56 bits per heavy atom. The molecule has 1 aromatic carbocycles. The van der Waals surface area contributed by atoms with E-state index in [1.807, 2.05) is 4.90 Å². The summed E-state index contributed by atoms with van der Waals surface area (Å²) < 4.78 is 1.75. The standard InChI is InChI=1S/C15H13N3O5S2/c19-13-8-5-11(18(22)23)10(16-1-3-24-4-2-16)6-9(8)17-7-25-14(17)12(13)15(20)21/h5-6H,1-4,7H2,(H,20,21). The number of nitro groups is 1. The van der Waals surface area contributed by atoms with Crippen LogP contribution in [0.3, 0.4) is 0 Å². The van der Waals surface area contributed by atoms with Gasteiger partial charge in [0.25, 0.3) is 5.69 Å². The number of rotatable bonds is 3. The van der Waals surface area contributed by atoms with Gasteiger partial charge in [0.05, 0.1) is 26.7 Å². The first kappa shape index (κ1) is 16.3. The summed E-state index contributed by atoms with van der Waals surface area (Å²) in [4.78, 5) is 37.0. The van der Waals surface area contributed by atoms with E-state index in [2.05, 4.69) is 0 Å². The number of hydrogen-bond acceptors (Lipinski definition) is 7. The minimum absolute atomic E-state index is 0.0864. The summed E-state index contributed by atoms with van der Waals surface area (Å²) in [6.07, 6.45) is 0. The van der Waals surface area contributed by atoms with Crippen molar-refractivity contribution < 1.29 is 14.8 Å². The van der Waals surface area contributed by atoms with Crippen LogP contribution in [0.25, 0.3) is 10.9 Å². The van der Waals surface area contributed by atoms with Crippen LogP contribution in [0.4, 0.5) is 11.4 Å². The van der Waals surface area contributed by atoms with Gasteiger partial charge in [-0.3, -0.25) is 14.9 Å². The maximum absolute atomic E-state index is 12.6. The van der Waals surface area contributed by atoms with Crippen molar-refractivity contribution in [1.29, 1.82) is 0 Å². The quantitative estimate of drug-likeness (QED) is 0.639. The normalized spacial score (nSPS) is 16.4. The summed E-state index contributed by atoms with van der Waals surface area (Å²) in [5.41, 5.74) is -0.0696. The molecule has 0 aliphatic carbocycles. The highest BCUT2D eigenvalue weighted by atomic mass is 32.2. The van der Waals surface area contributed by atoms with Crippen LogP contribution >= 0.6 is 23.5 Å². The first-order valence-electron chi connectivity index (χ1n) is 7.56. The number of carbonyl (C=O) groups is 1. The molecule has 3 heterocycles. The van der Waals surface area contributed by atoms with Crippen molar-refractivity contribution in [1.82, 2.24) is 4.57 Å². The predicted octanol–water partition coefficient (Wildman–Crippen LogP) is 2.22. The molecule has 2 aromatic rings. The summed E-state index contributed by atoms with van der Waals surface area (Å²) in [6.45, 7) is 1.41. The number of nitrogens with zero attached hydrogens (tertiary/aromatic N) is 3. The van der Waals surface area contributed by atoms with Crippen molar-refractivity contribution in [3.8, 4) is 0 Å². The van der Waals surface area contributed by atoms with Gasteiger partial charge in [-0.05, 0) is 6.07 Å². The molecule has 0 unspecified atom stereocenters. The molecule has 1 fully saturated rings. The number of aromatic carboxylic acids is 1. The molecule has 0 saturated carbocycles. The van der Waals surface area contributed by atoms with E-state index in [1.165, 1.54) is 17.8 Å². The third-order valence-electron chi connectivity index (χ3n) is 4.41. The molecule has 2 aliphatic rings. The second kappa shape index (κ2) is 5.95. The molecule has 10 heteroatoms. The summed E-state index contributed by atoms with van der Waals surface area (Å²) in [5, 5.41) is 21.4. The van der Waals surface area contributed by atoms with Gasteiger partial charge in [0.1, 0.15) is 11.3 Å². The monoisotopic (exact) mass is 379 g/mol. The van der Waals surface area contributed by atoms with Crippen molar-refractivity contribution in [2.24, 2.45) is 0 Å². The van der Waals surface area contributed by atoms with E-state index in [0.29, 0.717) is 35.2 Å². The number of aromatic nitrogens is 1. The number of hydrogen-bond donors (Lipinski definition) is 1. The number of pyridine rings is 1. The largest absolute Gasteiger partial charge is 0.477 e. The average Bonchev–Trinajstić information content (AvgIpc) is 2.57. The topological polar surface area (TPSA) is 106 Å². The van der Waals surface area contributed by atoms with Crippen molar-refractivity contribution >= 4 is 51.8 Å². The molecule has 2 aliphatic heterocycles. The second-order valence-corrected chi connectivity index (χ2v) is 7.89. The minimum atomic E-state index is -1.30. The zero-order valence-electron chi connectivity index (χ0n) is 12.9. The van der Waals surface area contributed by atoms with E-state index >= 15 is 0 Å². The first-order chi connectivity index (χ1) is 12.0. The van der Waals surface area contributed by atoms with Gasteiger partial charge in [0.2, 0.25) is 5.43 Å². The van der Waals surface area contributed by atoms with Gasteiger partial charge in [-0.1, -0.05) is 11.8 Å². The van der Waals surface area contributed by atoms with Gasteiger partial charge in [-0.2, -0.15) is 11.8 Å². The molecule has 1 N–H and O–H groups in total. The third kappa shape index (κ3) is 2.47. The molecule has 1 saturated heterocycles. The molecule has 0 amide bonds. The number of thioether (sulfide) groups is 2. The van der Waals surface area contributed by atoms with E-state index in [0.717, 1.165) is 11.5 Å². The highest BCUT2D eigenvalue weighted by Gasteiger charge is 2.31. The first-order valence-corrected chi connectivity index (χ1v) is 9.71. The van der Waals surface area contributed by atoms with Crippen molar-refractivity contribution in [2.45, 2.75) is 10.9 Å². The molecule has 130 valence electrons. The summed E-state index contributed by atoms with van der Waals surface area (Å²) in [6, 6.07) is 2.90. The number of anilines is 1. The molecular formula is C15H13N3O5S2. The van der Waals surface area contributed by atoms with Crippen molar-refractivity contribution in [3.05, 3.63) is 38.0 Å². The Morgan fingerprint density at radius 1 is 1.28 bits per heavy atom.